The number of alkyl halides is 3. The number of methoxy groups -OCH3 is 1. The van der Waals surface area contributed by atoms with Crippen molar-refractivity contribution < 1.29 is 37.0 Å². The third kappa shape index (κ3) is 5.32. The molecule has 28 heavy (non-hydrogen) atoms. The second-order valence-electron chi connectivity index (χ2n) is 5.72. The molecule has 0 aliphatic heterocycles. The molecule has 0 atom stereocenters. The number of aryl methyl sites for hydroxylation is 1. The number of halogens is 3. The molecule has 6 nitrogen and oxygen atoms in total. The highest BCUT2D eigenvalue weighted by atomic mass is 19.4. The quantitative estimate of drug-likeness (QED) is 0.783. The summed E-state index contributed by atoms with van der Waals surface area (Å²) >= 11 is 0. The van der Waals surface area contributed by atoms with Crippen LogP contribution < -0.4 is 5.32 Å². The molecule has 0 aromatic heterocycles. The SMILES string of the molecule is COC(=O)c1ccc(C)c(NC(=O)COC(=O)c2cccc(C(F)(F)F)c2)c1. The molecule has 0 saturated heterocycles. The van der Waals surface area contributed by atoms with Crippen molar-refractivity contribution in [1.82, 2.24) is 0 Å². The van der Waals surface area contributed by atoms with Gasteiger partial charge in [-0.1, -0.05) is 12.1 Å². The number of carbonyl (C=O) groups is 3. The molecule has 0 unspecified atom stereocenters. The molecular formula is C19H16F3NO5. The summed E-state index contributed by atoms with van der Waals surface area (Å²) in [7, 11) is 1.22. The molecule has 0 heterocycles. The van der Waals surface area contributed by atoms with Crippen LogP contribution in [0.2, 0.25) is 0 Å². The average Bonchev–Trinajstić information content (AvgIpc) is 2.66. The van der Waals surface area contributed by atoms with Gasteiger partial charge in [0.25, 0.3) is 5.91 Å². The van der Waals surface area contributed by atoms with Crippen LogP contribution in [0.3, 0.4) is 0 Å². The number of ether oxygens (including phenoxy) is 2. The molecule has 1 N–H and O–H groups in total. The monoisotopic (exact) mass is 395 g/mol. The number of esters is 2. The number of rotatable bonds is 5. The minimum absolute atomic E-state index is 0.212. The Balaban J connectivity index is 2.01. The number of anilines is 1. The van der Waals surface area contributed by atoms with Gasteiger partial charge in [-0.3, -0.25) is 4.79 Å². The minimum Gasteiger partial charge on any atom is -0.465 e. The minimum atomic E-state index is -4.60. The standard InChI is InChI=1S/C19H16F3NO5/c1-11-6-7-13(17(25)27-2)9-15(11)23-16(24)10-28-18(26)12-4-3-5-14(8-12)19(20,21)22/h3-9H,10H2,1-2H3,(H,23,24). The van der Waals surface area contributed by atoms with Crippen molar-refractivity contribution >= 4 is 23.5 Å². The highest BCUT2D eigenvalue weighted by molar-refractivity contribution is 5.97. The summed E-state index contributed by atoms with van der Waals surface area (Å²) in [5.74, 6) is -2.38. The van der Waals surface area contributed by atoms with Crippen LogP contribution in [0.4, 0.5) is 18.9 Å². The van der Waals surface area contributed by atoms with E-state index in [9.17, 15) is 27.6 Å². The summed E-state index contributed by atoms with van der Waals surface area (Å²) in [6, 6.07) is 8.19. The maximum absolute atomic E-state index is 12.7. The Morgan fingerprint density at radius 2 is 1.68 bits per heavy atom. The summed E-state index contributed by atoms with van der Waals surface area (Å²) in [5, 5.41) is 2.47. The second-order valence-corrected chi connectivity index (χ2v) is 5.72. The van der Waals surface area contributed by atoms with Gasteiger partial charge in [0.1, 0.15) is 0 Å². The van der Waals surface area contributed by atoms with E-state index in [1.807, 2.05) is 0 Å². The zero-order valence-corrected chi connectivity index (χ0v) is 14.9. The number of benzene rings is 2. The largest absolute Gasteiger partial charge is 0.465 e. The van der Waals surface area contributed by atoms with Gasteiger partial charge in [-0.15, -0.1) is 0 Å². The molecule has 9 heteroatoms. The van der Waals surface area contributed by atoms with E-state index < -0.39 is 36.2 Å². The third-order valence-corrected chi connectivity index (χ3v) is 3.69. The number of amides is 1. The topological polar surface area (TPSA) is 81.7 Å². The van der Waals surface area contributed by atoms with Crippen LogP contribution in [-0.4, -0.2) is 31.6 Å². The first kappa shape index (κ1) is 20.9. The third-order valence-electron chi connectivity index (χ3n) is 3.69. The zero-order valence-electron chi connectivity index (χ0n) is 14.9. The molecule has 148 valence electrons. The fourth-order valence-electron chi connectivity index (χ4n) is 2.22. The summed E-state index contributed by atoms with van der Waals surface area (Å²) in [6.07, 6.45) is -4.60. The van der Waals surface area contributed by atoms with E-state index in [0.29, 0.717) is 17.3 Å². The van der Waals surface area contributed by atoms with Gasteiger partial charge in [-0.2, -0.15) is 13.2 Å². The van der Waals surface area contributed by atoms with Gasteiger partial charge in [0.05, 0.1) is 23.8 Å². The Bertz CT molecular complexity index is 909. The molecule has 0 fully saturated rings. The van der Waals surface area contributed by atoms with E-state index in [4.69, 9.17) is 4.74 Å². The van der Waals surface area contributed by atoms with E-state index in [1.54, 1.807) is 13.0 Å². The highest BCUT2D eigenvalue weighted by Gasteiger charge is 2.31. The smallest absolute Gasteiger partial charge is 0.416 e. The van der Waals surface area contributed by atoms with Crippen molar-refractivity contribution in [3.63, 3.8) is 0 Å². The predicted octanol–water partition coefficient (Wildman–Crippen LogP) is 3.60. The summed E-state index contributed by atoms with van der Waals surface area (Å²) < 4.78 is 47.4. The van der Waals surface area contributed by atoms with Gasteiger partial charge >= 0.3 is 18.1 Å². The van der Waals surface area contributed by atoms with Crippen LogP contribution in [0.15, 0.2) is 42.5 Å². The van der Waals surface area contributed by atoms with E-state index in [2.05, 4.69) is 10.1 Å². The Kier molecular flexibility index (Phi) is 6.40. The maximum atomic E-state index is 12.7. The Hall–Kier alpha value is -3.36. The Labute approximate surface area is 158 Å². The number of hydrogen-bond acceptors (Lipinski definition) is 5. The van der Waals surface area contributed by atoms with Crippen molar-refractivity contribution in [2.45, 2.75) is 13.1 Å². The maximum Gasteiger partial charge on any atom is 0.416 e. The lowest BCUT2D eigenvalue weighted by Crippen LogP contribution is -2.21. The van der Waals surface area contributed by atoms with Crippen molar-refractivity contribution in [3.05, 3.63) is 64.7 Å². The molecule has 2 aromatic rings. The lowest BCUT2D eigenvalue weighted by atomic mass is 10.1. The van der Waals surface area contributed by atoms with E-state index >= 15 is 0 Å². The second kappa shape index (κ2) is 8.55. The van der Waals surface area contributed by atoms with E-state index in [1.165, 1.54) is 19.2 Å². The number of hydrogen-bond donors (Lipinski definition) is 1. The highest BCUT2D eigenvalue weighted by Crippen LogP contribution is 2.29. The van der Waals surface area contributed by atoms with Crippen LogP contribution >= 0.6 is 0 Å². The molecule has 1 amide bonds. The Morgan fingerprint density at radius 1 is 1.00 bits per heavy atom. The van der Waals surface area contributed by atoms with Gasteiger partial charge < -0.3 is 14.8 Å². The van der Waals surface area contributed by atoms with Crippen LogP contribution in [0.1, 0.15) is 31.8 Å². The first-order chi connectivity index (χ1) is 13.1. The van der Waals surface area contributed by atoms with Crippen molar-refractivity contribution in [3.8, 4) is 0 Å². The van der Waals surface area contributed by atoms with Gasteiger partial charge in [0.15, 0.2) is 6.61 Å². The average molecular weight is 395 g/mol. The molecular weight excluding hydrogens is 379 g/mol. The van der Waals surface area contributed by atoms with Crippen LogP contribution in [0, 0.1) is 6.92 Å². The molecule has 0 bridgehead atoms. The first-order valence-corrected chi connectivity index (χ1v) is 7.95. The van der Waals surface area contributed by atoms with Gasteiger partial charge in [0, 0.05) is 5.69 Å². The van der Waals surface area contributed by atoms with Gasteiger partial charge in [-0.25, -0.2) is 9.59 Å². The van der Waals surface area contributed by atoms with Gasteiger partial charge in [0.2, 0.25) is 0 Å². The van der Waals surface area contributed by atoms with E-state index in [0.717, 1.165) is 18.2 Å². The fourth-order valence-corrected chi connectivity index (χ4v) is 2.22. The molecule has 2 rings (SSSR count). The zero-order chi connectivity index (χ0) is 20.9. The fraction of sp³-hybridized carbons (Fsp3) is 0.211. The lowest BCUT2D eigenvalue weighted by Gasteiger charge is -2.11. The molecule has 0 spiro atoms. The Morgan fingerprint density at radius 3 is 2.32 bits per heavy atom. The number of carbonyl (C=O) groups excluding carboxylic acids is 3. The molecule has 2 aromatic carbocycles. The van der Waals surface area contributed by atoms with Crippen molar-refractivity contribution in [2.24, 2.45) is 0 Å². The molecule has 0 saturated carbocycles. The number of nitrogens with one attached hydrogen (secondary N) is 1. The normalized spacial score (nSPS) is 10.9. The molecule has 0 radical (unpaired) electrons. The van der Waals surface area contributed by atoms with Gasteiger partial charge in [-0.05, 0) is 42.8 Å². The molecule has 0 aliphatic rings. The molecule has 0 aliphatic carbocycles. The van der Waals surface area contributed by atoms with E-state index in [-0.39, 0.29) is 11.1 Å². The lowest BCUT2D eigenvalue weighted by molar-refractivity contribution is -0.137. The summed E-state index contributed by atoms with van der Waals surface area (Å²) in [4.78, 5) is 35.4. The predicted molar refractivity (Wildman–Crippen MR) is 92.9 cm³/mol. The van der Waals surface area contributed by atoms with Crippen molar-refractivity contribution in [1.29, 1.82) is 0 Å². The summed E-state index contributed by atoms with van der Waals surface area (Å²) in [6.45, 7) is 0.974. The van der Waals surface area contributed by atoms with Crippen LogP contribution in [0.25, 0.3) is 0 Å². The summed E-state index contributed by atoms with van der Waals surface area (Å²) in [5.41, 5.74) is -0.161. The van der Waals surface area contributed by atoms with Crippen LogP contribution in [0.5, 0.6) is 0 Å². The van der Waals surface area contributed by atoms with Crippen LogP contribution in [-0.2, 0) is 20.4 Å². The van der Waals surface area contributed by atoms with Crippen molar-refractivity contribution in [2.75, 3.05) is 19.0 Å². The first-order valence-electron chi connectivity index (χ1n) is 7.95.